The van der Waals surface area contributed by atoms with Gasteiger partial charge in [0.05, 0.1) is 26.4 Å². The van der Waals surface area contributed by atoms with E-state index in [0.717, 1.165) is 161 Å². The number of hydrogen-bond acceptors (Lipinski definition) is 15. The third kappa shape index (κ3) is 73.0. The van der Waals surface area contributed by atoms with E-state index in [0.29, 0.717) is 32.1 Å². The molecule has 0 rings (SSSR count). The Morgan fingerprint density at radius 1 is 0.284 bits per heavy atom. The van der Waals surface area contributed by atoms with Crippen molar-refractivity contribution in [2.45, 2.75) is 303 Å². The molecular weight excluding hydrogens is 1330 g/mol. The van der Waals surface area contributed by atoms with Crippen LogP contribution in [0, 0.1) is 0 Å². The number of esters is 4. The monoisotopic (exact) mass is 1470 g/mol. The van der Waals surface area contributed by atoms with E-state index in [1.807, 2.05) is 12.2 Å². The molecule has 19 heteroatoms. The molecule has 3 N–H and O–H groups in total. The maximum Gasteiger partial charge on any atom is 0.472 e. The van der Waals surface area contributed by atoms with E-state index in [1.54, 1.807) is 0 Å². The fraction of sp³-hybridized carbons (Fsp3) is 0.639. The summed E-state index contributed by atoms with van der Waals surface area (Å²) in [6.45, 7) is 4.37. The Bertz CT molecular complexity index is 2550. The van der Waals surface area contributed by atoms with Gasteiger partial charge in [-0.1, -0.05) is 256 Å². The lowest BCUT2D eigenvalue weighted by molar-refractivity contribution is -0.161. The molecule has 0 spiro atoms. The molecule has 17 nitrogen and oxygen atoms in total. The summed E-state index contributed by atoms with van der Waals surface area (Å²) >= 11 is 0. The maximum atomic E-state index is 13.1. The van der Waals surface area contributed by atoms with Gasteiger partial charge in [0.1, 0.15) is 19.3 Å². The summed E-state index contributed by atoms with van der Waals surface area (Å²) < 4.78 is 68.4. The van der Waals surface area contributed by atoms with Crippen LogP contribution in [0.15, 0.2) is 158 Å². The van der Waals surface area contributed by atoms with Gasteiger partial charge in [-0.25, -0.2) is 9.13 Å². The van der Waals surface area contributed by atoms with E-state index >= 15 is 0 Å². The molecule has 0 fully saturated rings. The van der Waals surface area contributed by atoms with Crippen molar-refractivity contribution in [3.63, 3.8) is 0 Å². The fourth-order valence-electron chi connectivity index (χ4n) is 9.67. The zero-order chi connectivity index (χ0) is 74.6. The van der Waals surface area contributed by atoms with Crippen LogP contribution in [0.2, 0.25) is 0 Å². The lowest BCUT2D eigenvalue weighted by Crippen LogP contribution is -2.30. The van der Waals surface area contributed by atoms with Crippen molar-refractivity contribution in [1.29, 1.82) is 0 Å². The van der Waals surface area contributed by atoms with Gasteiger partial charge in [-0.2, -0.15) is 0 Å². The van der Waals surface area contributed by atoms with E-state index in [2.05, 4.69) is 174 Å². The average Bonchev–Trinajstić information content (AvgIpc) is 0.923. The minimum atomic E-state index is -5.00. The predicted molar refractivity (Wildman–Crippen MR) is 417 cm³/mol. The molecule has 0 aromatic carbocycles. The van der Waals surface area contributed by atoms with Gasteiger partial charge in [-0.05, 0) is 161 Å². The molecule has 5 atom stereocenters. The topological polar surface area (TPSA) is 237 Å². The number of unbranched alkanes of at least 4 members (excludes halogenated alkanes) is 19. The molecule has 0 aliphatic carbocycles. The highest BCUT2D eigenvalue weighted by Gasteiger charge is 2.30. The summed E-state index contributed by atoms with van der Waals surface area (Å²) in [5, 5.41) is 10.6. The number of carbonyl (C=O) groups excluding carboxylic acids is 4. The van der Waals surface area contributed by atoms with Crippen LogP contribution >= 0.6 is 15.6 Å². The lowest BCUT2D eigenvalue weighted by atomic mass is 10.1. The van der Waals surface area contributed by atoms with E-state index in [-0.39, 0.29) is 25.7 Å². The Morgan fingerprint density at radius 2 is 0.520 bits per heavy atom. The molecule has 0 saturated heterocycles. The van der Waals surface area contributed by atoms with Gasteiger partial charge in [0.15, 0.2) is 12.2 Å². The van der Waals surface area contributed by atoms with Crippen LogP contribution in [0.3, 0.4) is 0 Å². The molecular formula is C83H136O17P2. The fourth-order valence-corrected chi connectivity index (χ4v) is 11.2. The molecule has 0 heterocycles. The van der Waals surface area contributed by atoms with Crippen molar-refractivity contribution in [2.75, 3.05) is 39.6 Å². The van der Waals surface area contributed by atoms with Crippen LogP contribution in [-0.2, 0) is 65.4 Å². The summed E-state index contributed by atoms with van der Waals surface area (Å²) in [4.78, 5) is 72.9. The van der Waals surface area contributed by atoms with Gasteiger partial charge in [-0.15, -0.1) is 0 Å². The molecule has 5 unspecified atom stereocenters. The van der Waals surface area contributed by atoms with Crippen LogP contribution in [0.4, 0.5) is 0 Å². The van der Waals surface area contributed by atoms with Crippen molar-refractivity contribution in [3.8, 4) is 0 Å². The van der Waals surface area contributed by atoms with Crippen molar-refractivity contribution >= 4 is 39.5 Å². The highest BCUT2D eigenvalue weighted by molar-refractivity contribution is 7.47. The third-order valence-electron chi connectivity index (χ3n) is 15.5. The minimum absolute atomic E-state index is 0.0568. The van der Waals surface area contributed by atoms with Gasteiger partial charge in [-0.3, -0.25) is 37.3 Å². The molecule has 102 heavy (non-hydrogen) atoms. The quantitative estimate of drug-likeness (QED) is 0.0169. The molecule has 0 bridgehead atoms. The van der Waals surface area contributed by atoms with Crippen LogP contribution in [-0.4, -0.2) is 96.7 Å². The Hall–Kier alpha value is -5.32. The van der Waals surface area contributed by atoms with Crippen molar-refractivity contribution in [1.82, 2.24) is 0 Å². The molecule has 0 aromatic rings. The van der Waals surface area contributed by atoms with E-state index < -0.39 is 97.5 Å². The Morgan fingerprint density at radius 3 is 0.853 bits per heavy atom. The Balaban J connectivity index is 5.48. The second-order valence-corrected chi connectivity index (χ2v) is 28.1. The van der Waals surface area contributed by atoms with Crippen molar-refractivity contribution < 1.29 is 80.2 Å². The number of phosphoric acid groups is 2. The second kappa shape index (κ2) is 74.0. The van der Waals surface area contributed by atoms with Crippen molar-refractivity contribution in [3.05, 3.63) is 158 Å². The summed E-state index contributed by atoms with van der Waals surface area (Å²) in [5.41, 5.74) is 0. The molecule has 580 valence electrons. The van der Waals surface area contributed by atoms with E-state index in [9.17, 15) is 43.2 Å². The molecule has 0 saturated carbocycles. The zero-order valence-corrected chi connectivity index (χ0v) is 65.0. The molecule has 0 aromatic heterocycles. The van der Waals surface area contributed by atoms with Gasteiger partial charge >= 0.3 is 39.5 Å². The predicted octanol–water partition coefficient (Wildman–Crippen LogP) is 22.4. The Labute approximate surface area is 617 Å². The SMILES string of the molecule is CC/C=C\C/C=C\C/C=C\C/C=C\C/C=C\CCCC(=O)OCC(COP(=O)(O)OCC(O)COP(=O)(O)OCC(COC(=O)CCCC/C=C\C/C=C\C/C=C\C/C=C\CC)OC(=O)CCCCCCC/C=C\CCCCCCCC)OC(=O)CCCCCCC/C=C\C/C=C\C/C=C\CC. The summed E-state index contributed by atoms with van der Waals surface area (Å²) in [5.74, 6) is -2.33. The number of aliphatic hydroxyl groups excluding tert-OH is 1. The first-order valence-electron chi connectivity index (χ1n) is 38.7. The lowest BCUT2D eigenvalue weighted by Gasteiger charge is -2.21. The van der Waals surface area contributed by atoms with Crippen LogP contribution in [0.1, 0.15) is 285 Å². The molecule has 0 radical (unpaired) electrons. The smallest absolute Gasteiger partial charge is 0.462 e. The van der Waals surface area contributed by atoms with Gasteiger partial charge in [0.2, 0.25) is 0 Å². The number of rotatable bonds is 71. The van der Waals surface area contributed by atoms with Gasteiger partial charge < -0.3 is 33.8 Å². The number of phosphoric ester groups is 2. The minimum Gasteiger partial charge on any atom is -0.462 e. The zero-order valence-electron chi connectivity index (χ0n) is 63.2. The highest BCUT2D eigenvalue weighted by Crippen LogP contribution is 2.45. The molecule has 0 aliphatic rings. The average molecular weight is 1470 g/mol. The number of ether oxygens (including phenoxy) is 4. The first-order valence-corrected chi connectivity index (χ1v) is 41.7. The highest BCUT2D eigenvalue weighted by atomic mass is 31.2. The molecule has 0 amide bonds. The number of allylic oxidation sites excluding steroid dienone is 26. The first kappa shape index (κ1) is 96.7. The number of hydrogen-bond donors (Lipinski definition) is 3. The Kier molecular flexibility index (Phi) is 70.1. The number of carbonyl (C=O) groups is 4. The number of aliphatic hydroxyl groups is 1. The summed E-state index contributed by atoms with van der Waals surface area (Å²) in [7, 11) is -10.00. The van der Waals surface area contributed by atoms with Crippen LogP contribution in [0.5, 0.6) is 0 Å². The van der Waals surface area contributed by atoms with E-state index in [1.165, 1.54) is 38.5 Å². The maximum absolute atomic E-state index is 13.1. The summed E-state index contributed by atoms with van der Waals surface area (Å²) in [6.07, 6.45) is 85.3. The van der Waals surface area contributed by atoms with E-state index in [4.69, 9.17) is 37.0 Å². The van der Waals surface area contributed by atoms with Crippen LogP contribution in [0.25, 0.3) is 0 Å². The normalized spacial score (nSPS) is 14.8. The second-order valence-electron chi connectivity index (χ2n) is 25.1. The largest absolute Gasteiger partial charge is 0.472 e. The summed E-state index contributed by atoms with van der Waals surface area (Å²) in [6, 6.07) is 0. The third-order valence-corrected chi connectivity index (χ3v) is 17.4. The first-order chi connectivity index (χ1) is 49.7. The van der Waals surface area contributed by atoms with Crippen LogP contribution < -0.4 is 0 Å². The molecule has 0 aliphatic heterocycles. The van der Waals surface area contributed by atoms with Crippen molar-refractivity contribution in [2.24, 2.45) is 0 Å². The standard InChI is InChI=1S/C83H136O17P2/c1-5-9-13-17-21-25-29-33-37-38-42-44-48-52-56-60-64-68-81(86)94-74-79(100-83(88)70-66-62-58-54-50-46-41-36-32-28-24-20-16-12-8-4)76-98-102(91,92)96-72-77(84)71-95-101(89,90)97-75-78(99-82(87)69-65-61-57-53-49-45-40-35-31-27-23-19-15-11-7-3)73-93-80(85)67-63-59-55-51-47-43-39-34-30-26-22-18-14-10-6-2/h9-10,12-14,16,21-22,24-26,28,33-37,39-42,44,47,51-52,56,77-79,84H,5-8,11,15,17-20,23,27,29-32,38,43,45-46,48-50,53-55,57-76H2,1-4H3,(H,89,90)(H,91,92)/b13-9-,14-10-,16-12-,25-21-,26-22-,28-24-,37-33-,39-34-,40-35-,41-36-,44-42-,51-47-,56-52-. The van der Waals surface area contributed by atoms with Gasteiger partial charge in [0, 0.05) is 25.7 Å². The van der Waals surface area contributed by atoms with Gasteiger partial charge in [0.25, 0.3) is 0 Å².